The largest absolute Gasteiger partial charge is 0.376 e. The Bertz CT molecular complexity index is 537. The van der Waals surface area contributed by atoms with Crippen LogP contribution in [0.5, 0.6) is 0 Å². The van der Waals surface area contributed by atoms with E-state index in [9.17, 15) is 4.79 Å². The first-order chi connectivity index (χ1) is 9.70. The van der Waals surface area contributed by atoms with E-state index in [4.69, 9.17) is 10.5 Å². The first-order valence-corrected chi connectivity index (χ1v) is 6.90. The lowest BCUT2D eigenvalue weighted by molar-refractivity contribution is 0.0857. The Labute approximate surface area is 119 Å². The summed E-state index contributed by atoms with van der Waals surface area (Å²) in [6, 6.07) is 5.62. The van der Waals surface area contributed by atoms with Crippen molar-refractivity contribution in [2.75, 3.05) is 19.7 Å². The number of nitrogens with one attached hydrogen (secondary N) is 1. The van der Waals surface area contributed by atoms with Gasteiger partial charge >= 0.3 is 0 Å². The Morgan fingerprint density at radius 1 is 1.55 bits per heavy atom. The van der Waals surface area contributed by atoms with E-state index in [1.807, 2.05) is 19.1 Å². The van der Waals surface area contributed by atoms with Gasteiger partial charge in [-0.1, -0.05) is 17.9 Å². The summed E-state index contributed by atoms with van der Waals surface area (Å²) in [4.78, 5) is 12.2. The van der Waals surface area contributed by atoms with Gasteiger partial charge in [-0.2, -0.15) is 0 Å². The molecular formula is C16H20N2O2. The van der Waals surface area contributed by atoms with E-state index in [2.05, 4.69) is 17.2 Å². The highest BCUT2D eigenvalue weighted by Crippen LogP contribution is 2.13. The summed E-state index contributed by atoms with van der Waals surface area (Å²) in [5.41, 5.74) is 7.78. The Kier molecular flexibility index (Phi) is 5.16. The normalized spacial score (nSPS) is 17.4. The van der Waals surface area contributed by atoms with Crippen LogP contribution in [0.15, 0.2) is 18.2 Å². The van der Waals surface area contributed by atoms with Gasteiger partial charge in [-0.25, -0.2) is 0 Å². The van der Waals surface area contributed by atoms with Gasteiger partial charge in [0.25, 0.3) is 5.91 Å². The molecule has 2 rings (SSSR count). The van der Waals surface area contributed by atoms with Crippen molar-refractivity contribution in [3.63, 3.8) is 0 Å². The topological polar surface area (TPSA) is 64.3 Å². The highest BCUT2D eigenvalue weighted by molar-refractivity contribution is 5.96. The fraction of sp³-hybridized carbons (Fsp3) is 0.438. The van der Waals surface area contributed by atoms with Gasteiger partial charge in [-0.05, 0) is 37.5 Å². The summed E-state index contributed by atoms with van der Waals surface area (Å²) in [6.07, 6.45) is 2.22. The molecule has 4 nitrogen and oxygen atoms in total. The van der Waals surface area contributed by atoms with Crippen LogP contribution in [0.4, 0.5) is 0 Å². The highest BCUT2D eigenvalue weighted by atomic mass is 16.5. The van der Waals surface area contributed by atoms with Crippen LogP contribution in [0.2, 0.25) is 0 Å². The SMILES string of the molecule is Cc1ccc(C(=O)NCC2CCCO2)c(C#CCN)c1. The van der Waals surface area contributed by atoms with Crippen LogP contribution in [0.1, 0.15) is 34.3 Å². The van der Waals surface area contributed by atoms with Crippen molar-refractivity contribution >= 4 is 5.91 Å². The lowest BCUT2D eigenvalue weighted by Gasteiger charge is -2.12. The van der Waals surface area contributed by atoms with E-state index in [1.165, 1.54) is 0 Å². The second-order valence-corrected chi connectivity index (χ2v) is 4.90. The number of benzene rings is 1. The molecular weight excluding hydrogens is 252 g/mol. The number of amides is 1. The van der Waals surface area contributed by atoms with Crippen molar-refractivity contribution in [2.45, 2.75) is 25.9 Å². The van der Waals surface area contributed by atoms with Gasteiger partial charge in [0.1, 0.15) is 0 Å². The standard InChI is InChI=1S/C16H20N2O2/c1-12-6-7-15(13(10-12)4-2-8-17)16(19)18-11-14-5-3-9-20-14/h6-7,10,14H,3,5,8-9,11,17H2,1H3,(H,18,19). The van der Waals surface area contributed by atoms with Crippen LogP contribution in [0.3, 0.4) is 0 Å². The monoisotopic (exact) mass is 272 g/mol. The molecule has 1 unspecified atom stereocenters. The first kappa shape index (κ1) is 14.6. The molecule has 1 aromatic carbocycles. The van der Waals surface area contributed by atoms with Crippen molar-refractivity contribution < 1.29 is 9.53 Å². The van der Waals surface area contributed by atoms with Crippen molar-refractivity contribution in [2.24, 2.45) is 5.73 Å². The minimum atomic E-state index is -0.109. The van der Waals surface area contributed by atoms with Crippen LogP contribution >= 0.6 is 0 Å². The molecule has 106 valence electrons. The minimum absolute atomic E-state index is 0.109. The van der Waals surface area contributed by atoms with Crippen molar-refractivity contribution in [3.05, 3.63) is 34.9 Å². The number of aryl methyl sites for hydroxylation is 1. The number of carbonyl (C=O) groups is 1. The molecule has 4 heteroatoms. The zero-order valence-corrected chi connectivity index (χ0v) is 11.7. The van der Waals surface area contributed by atoms with Crippen molar-refractivity contribution in [3.8, 4) is 11.8 Å². The maximum Gasteiger partial charge on any atom is 0.252 e. The quantitative estimate of drug-likeness (QED) is 0.813. The molecule has 0 aliphatic carbocycles. The van der Waals surface area contributed by atoms with Crippen LogP contribution < -0.4 is 11.1 Å². The van der Waals surface area contributed by atoms with Crippen LogP contribution in [0, 0.1) is 18.8 Å². The summed E-state index contributed by atoms with van der Waals surface area (Å²) in [5, 5.41) is 2.91. The number of rotatable bonds is 3. The van der Waals surface area contributed by atoms with Gasteiger partial charge in [0.05, 0.1) is 18.2 Å². The van der Waals surface area contributed by atoms with Crippen molar-refractivity contribution in [1.29, 1.82) is 0 Å². The molecule has 1 aliphatic rings. The molecule has 1 heterocycles. The fourth-order valence-electron chi connectivity index (χ4n) is 2.21. The minimum Gasteiger partial charge on any atom is -0.376 e. The van der Waals surface area contributed by atoms with E-state index in [0.717, 1.165) is 30.6 Å². The third-order valence-corrected chi connectivity index (χ3v) is 3.26. The second-order valence-electron chi connectivity index (χ2n) is 4.90. The van der Waals surface area contributed by atoms with Gasteiger partial charge in [0.15, 0.2) is 0 Å². The molecule has 3 N–H and O–H groups in total. The van der Waals surface area contributed by atoms with Crippen LogP contribution in [-0.4, -0.2) is 31.7 Å². The number of carbonyl (C=O) groups excluding carboxylic acids is 1. The summed E-state index contributed by atoms with van der Waals surface area (Å²) in [7, 11) is 0. The first-order valence-electron chi connectivity index (χ1n) is 6.90. The average molecular weight is 272 g/mol. The number of hydrogen-bond donors (Lipinski definition) is 2. The molecule has 1 fully saturated rings. The second kappa shape index (κ2) is 7.09. The third-order valence-electron chi connectivity index (χ3n) is 3.26. The number of nitrogens with two attached hydrogens (primary N) is 1. The lowest BCUT2D eigenvalue weighted by Crippen LogP contribution is -2.32. The molecule has 1 saturated heterocycles. The Hall–Kier alpha value is -1.83. The molecule has 0 aromatic heterocycles. The van der Waals surface area contributed by atoms with Crippen molar-refractivity contribution in [1.82, 2.24) is 5.32 Å². The highest BCUT2D eigenvalue weighted by Gasteiger charge is 2.17. The van der Waals surface area contributed by atoms with Gasteiger partial charge in [0.2, 0.25) is 0 Å². The molecule has 1 aliphatic heterocycles. The van der Waals surface area contributed by atoms with Gasteiger partial charge in [-0.15, -0.1) is 0 Å². The summed E-state index contributed by atoms with van der Waals surface area (Å²) in [6.45, 7) is 3.60. The molecule has 0 spiro atoms. The number of ether oxygens (including phenoxy) is 1. The summed E-state index contributed by atoms with van der Waals surface area (Å²) < 4.78 is 5.49. The zero-order chi connectivity index (χ0) is 14.4. The Morgan fingerprint density at radius 3 is 3.10 bits per heavy atom. The van der Waals surface area contributed by atoms with E-state index in [1.54, 1.807) is 6.07 Å². The van der Waals surface area contributed by atoms with Gasteiger partial charge < -0.3 is 15.8 Å². The third kappa shape index (κ3) is 3.83. The molecule has 1 atom stereocenters. The predicted molar refractivity (Wildman–Crippen MR) is 78.4 cm³/mol. The summed E-state index contributed by atoms with van der Waals surface area (Å²) >= 11 is 0. The van der Waals surface area contributed by atoms with E-state index < -0.39 is 0 Å². The maximum atomic E-state index is 12.2. The fourth-order valence-corrected chi connectivity index (χ4v) is 2.21. The molecule has 0 radical (unpaired) electrons. The smallest absolute Gasteiger partial charge is 0.252 e. The zero-order valence-electron chi connectivity index (χ0n) is 11.7. The average Bonchev–Trinajstić information content (AvgIpc) is 2.96. The molecule has 0 saturated carbocycles. The Morgan fingerprint density at radius 2 is 2.40 bits per heavy atom. The summed E-state index contributed by atoms with van der Waals surface area (Å²) in [5.74, 6) is 5.64. The predicted octanol–water partition coefficient (Wildman–Crippen LogP) is 1.21. The molecule has 1 amide bonds. The number of hydrogen-bond acceptors (Lipinski definition) is 3. The van der Waals surface area contributed by atoms with Crippen LogP contribution in [0.25, 0.3) is 0 Å². The van der Waals surface area contributed by atoms with E-state index in [-0.39, 0.29) is 18.6 Å². The maximum absolute atomic E-state index is 12.2. The van der Waals surface area contributed by atoms with Gasteiger partial charge in [-0.3, -0.25) is 4.79 Å². The van der Waals surface area contributed by atoms with E-state index in [0.29, 0.717) is 12.1 Å². The molecule has 0 bridgehead atoms. The molecule has 1 aromatic rings. The molecule has 20 heavy (non-hydrogen) atoms. The Balaban J connectivity index is 2.07. The van der Waals surface area contributed by atoms with E-state index >= 15 is 0 Å². The van der Waals surface area contributed by atoms with Gasteiger partial charge in [0, 0.05) is 18.7 Å². The lowest BCUT2D eigenvalue weighted by atomic mass is 10.0. The van der Waals surface area contributed by atoms with Crippen LogP contribution in [-0.2, 0) is 4.74 Å².